The number of carbonyl (C=O) groups excluding carboxylic acids is 1. The summed E-state index contributed by atoms with van der Waals surface area (Å²) in [5.41, 5.74) is -3.16. The molecule has 0 aliphatic rings. The summed E-state index contributed by atoms with van der Waals surface area (Å²) in [7, 11) is 0. The molecule has 1 N–H and O–H groups in total. The molecule has 1 atom stereocenters. The fourth-order valence-electron chi connectivity index (χ4n) is 1.66. The summed E-state index contributed by atoms with van der Waals surface area (Å²) in [5.74, 6) is -15.2. The Hall–Kier alpha value is -2.39. The molecule has 1 aromatic rings. The standard InChI is InChI=1S/C14H14F5NO4/c1-12(2,3)24-11(23)20(19)14(18,10(21)22)13(16,17)8-6-4-5-7-9(8)15/h4-7H,1-3H3,(H,21,22). The normalized spacial score (nSPS) is 14.7. The number of carboxylic acid groups (broad SMARTS) is 1. The van der Waals surface area contributed by atoms with E-state index in [-0.39, 0.29) is 0 Å². The van der Waals surface area contributed by atoms with E-state index in [4.69, 9.17) is 5.11 Å². The van der Waals surface area contributed by atoms with Gasteiger partial charge in [0.15, 0.2) is 0 Å². The SMILES string of the molecule is CC(C)(C)OC(=O)N(F)C(F)(C(=O)O)C(F)(F)c1ccccc1F. The van der Waals surface area contributed by atoms with Gasteiger partial charge in [0.1, 0.15) is 11.4 Å². The maximum absolute atomic E-state index is 14.5. The number of halogens is 5. The Balaban J connectivity index is 3.41. The molecule has 0 heterocycles. The molecule has 1 rings (SSSR count). The zero-order valence-electron chi connectivity index (χ0n) is 12.8. The first kappa shape index (κ1) is 19.7. The third-order valence-electron chi connectivity index (χ3n) is 2.74. The van der Waals surface area contributed by atoms with Gasteiger partial charge in [0.05, 0.1) is 5.56 Å². The van der Waals surface area contributed by atoms with Crippen molar-refractivity contribution in [1.29, 1.82) is 0 Å². The van der Waals surface area contributed by atoms with Gasteiger partial charge in [0.25, 0.3) is 0 Å². The number of hydrogen-bond acceptors (Lipinski definition) is 3. The largest absolute Gasteiger partial charge is 0.477 e. The quantitative estimate of drug-likeness (QED) is 0.507. The second kappa shape index (κ2) is 6.25. The lowest BCUT2D eigenvalue weighted by Gasteiger charge is -2.34. The van der Waals surface area contributed by atoms with E-state index in [0.29, 0.717) is 12.1 Å². The average molecular weight is 355 g/mol. The molecule has 134 valence electrons. The summed E-state index contributed by atoms with van der Waals surface area (Å²) >= 11 is 0. The van der Waals surface area contributed by atoms with E-state index in [0.717, 1.165) is 12.1 Å². The molecule has 0 fully saturated rings. The third kappa shape index (κ3) is 3.41. The summed E-state index contributed by atoms with van der Waals surface area (Å²) in [6.45, 7) is 3.65. The molecule has 1 aromatic carbocycles. The van der Waals surface area contributed by atoms with Crippen LogP contribution in [0.2, 0.25) is 0 Å². The van der Waals surface area contributed by atoms with Crippen LogP contribution in [0.15, 0.2) is 24.3 Å². The predicted molar refractivity (Wildman–Crippen MR) is 70.9 cm³/mol. The van der Waals surface area contributed by atoms with Crippen LogP contribution >= 0.6 is 0 Å². The maximum Gasteiger partial charge on any atom is 0.442 e. The van der Waals surface area contributed by atoms with Crippen molar-refractivity contribution in [3.8, 4) is 0 Å². The minimum atomic E-state index is -5.25. The smallest absolute Gasteiger partial charge is 0.442 e. The van der Waals surface area contributed by atoms with E-state index in [1.165, 1.54) is 20.8 Å². The highest BCUT2D eigenvalue weighted by Gasteiger charge is 2.70. The molecule has 0 saturated carbocycles. The first-order valence-electron chi connectivity index (χ1n) is 6.49. The molecule has 0 aliphatic carbocycles. The van der Waals surface area contributed by atoms with Crippen molar-refractivity contribution in [3.05, 3.63) is 35.6 Å². The number of amides is 1. The van der Waals surface area contributed by atoms with Crippen molar-refractivity contribution in [2.24, 2.45) is 0 Å². The molecule has 0 bridgehead atoms. The van der Waals surface area contributed by atoms with E-state index in [1.54, 1.807) is 0 Å². The number of benzene rings is 1. The summed E-state index contributed by atoms with van der Waals surface area (Å²) in [5, 5.41) is 6.88. The van der Waals surface area contributed by atoms with Gasteiger partial charge >= 0.3 is 23.8 Å². The topological polar surface area (TPSA) is 66.8 Å². The summed E-state index contributed by atoms with van der Waals surface area (Å²) in [4.78, 5) is 22.5. The molecule has 0 radical (unpaired) electrons. The number of ether oxygens (including phenoxy) is 1. The lowest BCUT2D eigenvalue weighted by Crippen LogP contribution is -2.60. The predicted octanol–water partition coefficient (Wildman–Crippen LogP) is 3.79. The molecule has 0 aliphatic heterocycles. The fourth-order valence-corrected chi connectivity index (χ4v) is 1.66. The van der Waals surface area contributed by atoms with Crippen molar-refractivity contribution < 1.29 is 41.5 Å². The Bertz CT molecular complexity index is 646. The number of aliphatic carboxylic acids is 1. The number of rotatable bonds is 4. The maximum atomic E-state index is 14.5. The van der Waals surface area contributed by atoms with Crippen molar-refractivity contribution in [2.75, 3.05) is 0 Å². The van der Waals surface area contributed by atoms with Gasteiger partial charge in [0.2, 0.25) is 0 Å². The highest BCUT2D eigenvalue weighted by Crippen LogP contribution is 2.45. The highest BCUT2D eigenvalue weighted by atomic mass is 19.3. The highest BCUT2D eigenvalue weighted by molar-refractivity contribution is 5.83. The van der Waals surface area contributed by atoms with Gasteiger partial charge in [-0.3, -0.25) is 0 Å². The van der Waals surface area contributed by atoms with E-state index < -0.39 is 45.9 Å². The first-order valence-corrected chi connectivity index (χ1v) is 6.49. The summed E-state index contributed by atoms with van der Waals surface area (Å²) in [6, 6.07) is 2.72. The van der Waals surface area contributed by atoms with E-state index in [2.05, 4.69) is 4.74 Å². The van der Waals surface area contributed by atoms with Crippen molar-refractivity contribution >= 4 is 12.1 Å². The molecule has 0 aromatic heterocycles. The van der Waals surface area contributed by atoms with Gasteiger partial charge in [-0.05, 0) is 32.9 Å². The summed E-state index contributed by atoms with van der Waals surface area (Å²) < 4.78 is 74.9. The van der Waals surface area contributed by atoms with Crippen molar-refractivity contribution in [1.82, 2.24) is 5.12 Å². The second-order valence-corrected chi connectivity index (χ2v) is 5.74. The lowest BCUT2D eigenvalue weighted by molar-refractivity contribution is -0.263. The molecular formula is C14H14F5NO4. The Labute approximate surface area is 133 Å². The van der Waals surface area contributed by atoms with Gasteiger partial charge in [-0.25, -0.2) is 14.0 Å². The van der Waals surface area contributed by atoms with E-state index in [9.17, 15) is 31.6 Å². The van der Waals surface area contributed by atoms with Crippen molar-refractivity contribution in [3.63, 3.8) is 0 Å². The molecular weight excluding hydrogens is 341 g/mol. The lowest BCUT2D eigenvalue weighted by atomic mass is 9.98. The second-order valence-electron chi connectivity index (χ2n) is 5.74. The molecule has 5 nitrogen and oxygen atoms in total. The van der Waals surface area contributed by atoms with Crippen LogP contribution in [0.3, 0.4) is 0 Å². The number of hydrogen-bond donors (Lipinski definition) is 1. The van der Waals surface area contributed by atoms with Crippen LogP contribution in [0.4, 0.5) is 26.8 Å². The number of nitrogens with zero attached hydrogens (tertiary/aromatic N) is 1. The monoisotopic (exact) mass is 355 g/mol. The van der Waals surface area contributed by atoms with Gasteiger partial charge in [-0.1, -0.05) is 21.7 Å². The van der Waals surface area contributed by atoms with Gasteiger partial charge in [-0.15, -0.1) is 0 Å². The third-order valence-corrected chi connectivity index (χ3v) is 2.74. The van der Waals surface area contributed by atoms with Crippen molar-refractivity contribution in [2.45, 2.75) is 38.1 Å². The Morgan fingerprint density at radius 2 is 1.62 bits per heavy atom. The molecule has 0 spiro atoms. The fraction of sp³-hybridized carbons (Fsp3) is 0.429. The zero-order chi connectivity index (χ0) is 18.9. The number of carboxylic acids is 1. The number of alkyl halides is 3. The van der Waals surface area contributed by atoms with Crippen LogP contribution in [-0.2, 0) is 15.5 Å². The van der Waals surface area contributed by atoms with Gasteiger partial charge in [0, 0.05) is 0 Å². The average Bonchev–Trinajstić information content (AvgIpc) is 2.43. The minimum Gasteiger partial charge on any atom is -0.477 e. The van der Waals surface area contributed by atoms with E-state index >= 15 is 0 Å². The van der Waals surface area contributed by atoms with E-state index in [1.807, 2.05) is 0 Å². The van der Waals surface area contributed by atoms with Crippen LogP contribution in [0.5, 0.6) is 0 Å². The Morgan fingerprint density at radius 3 is 2.04 bits per heavy atom. The van der Waals surface area contributed by atoms with Crippen LogP contribution < -0.4 is 0 Å². The Kier molecular flexibility index (Phi) is 5.12. The van der Waals surface area contributed by atoms with Gasteiger partial charge < -0.3 is 9.84 Å². The zero-order valence-corrected chi connectivity index (χ0v) is 12.8. The van der Waals surface area contributed by atoms with Gasteiger partial charge in [-0.2, -0.15) is 13.2 Å². The first-order chi connectivity index (χ1) is 10.7. The Morgan fingerprint density at radius 1 is 1.12 bits per heavy atom. The molecule has 1 amide bonds. The number of carbonyl (C=O) groups is 2. The van der Waals surface area contributed by atoms with Crippen LogP contribution in [0.1, 0.15) is 26.3 Å². The molecule has 10 heteroatoms. The summed E-state index contributed by atoms with van der Waals surface area (Å²) in [6.07, 6.45) is -2.30. The molecule has 24 heavy (non-hydrogen) atoms. The van der Waals surface area contributed by atoms with Crippen LogP contribution in [0.25, 0.3) is 0 Å². The molecule has 0 saturated heterocycles. The van der Waals surface area contributed by atoms with Crippen LogP contribution in [-0.4, -0.2) is 33.7 Å². The molecule has 1 unspecified atom stereocenters. The minimum absolute atomic E-state index is 0.371. The van der Waals surface area contributed by atoms with Crippen LogP contribution in [0, 0.1) is 5.82 Å².